The Hall–Kier alpha value is -2.81. The molecule has 0 saturated heterocycles. The minimum atomic E-state index is -0.332. The molecule has 3 aromatic carbocycles. The number of fused-ring (bicyclic) bond motifs is 1. The fourth-order valence-corrected chi connectivity index (χ4v) is 2.47. The fourth-order valence-electron chi connectivity index (χ4n) is 2.47. The summed E-state index contributed by atoms with van der Waals surface area (Å²) in [4.78, 5) is 12.3. The monoisotopic (exact) mass is 306 g/mol. The molecule has 0 saturated carbocycles. The zero-order valence-corrected chi connectivity index (χ0v) is 13.2. The van der Waals surface area contributed by atoms with Crippen molar-refractivity contribution < 1.29 is 14.3 Å². The van der Waals surface area contributed by atoms with Crippen LogP contribution in [0.3, 0.4) is 0 Å². The van der Waals surface area contributed by atoms with Gasteiger partial charge in [0.05, 0.1) is 13.0 Å². The second-order valence-electron chi connectivity index (χ2n) is 5.43. The summed E-state index contributed by atoms with van der Waals surface area (Å²) in [5, 5.41) is 2.15. The highest BCUT2D eigenvalue weighted by Crippen LogP contribution is 2.26. The Bertz CT molecular complexity index is 825. The summed E-state index contributed by atoms with van der Waals surface area (Å²) in [7, 11) is 1.65. The van der Waals surface area contributed by atoms with Crippen molar-refractivity contribution in [3.8, 4) is 11.5 Å². The maximum Gasteiger partial charge on any atom is 0.318 e. The van der Waals surface area contributed by atoms with E-state index in [0.717, 1.165) is 22.1 Å². The van der Waals surface area contributed by atoms with Gasteiger partial charge in [-0.1, -0.05) is 42.5 Å². The van der Waals surface area contributed by atoms with E-state index in [-0.39, 0.29) is 11.9 Å². The van der Waals surface area contributed by atoms with Crippen molar-refractivity contribution in [2.75, 3.05) is 7.11 Å². The average molecular weight is 306 g/mol. The maximum absolute atomic E-state index is 12.3. The van der Waals surface area contributed by atoms with Gasteiger partial charge in [-0.2, -0.15) is 0 Å². The highest BCUT2D eigenvalue weighted by molar-refractivity contribution is 5.87. The SMILES string of the molecule is COc1ccc2cc([C@H](C)C(=O)Oc3ccccc3)ccc2c1. The van der Waals surface area contributed by atoms with Crippen LogP contribution in [0.4, 0.5) is 0 Å². The summed E-state index contributed by atoms with van der Waals surface area (Å²) in [6, 6.07) is 21.0. The van der Waals surface area contributed by atoms with E-state index >= 15 is 0 Å². The molecule has 0 spiro atoms. The van der Waals surface area contributed by atoms with E-state index in [1.54, 1.807) is 19.2 Å². The molecular weight excluding hydrogens is 288 g/mol. The molecule has 0 aliphatic carbocycles. The predicted octanol–water partition coefficient (Wildman–Crippen LogP) is 4.56. The summed E-state index contributed by atoms with van der Waals surface area (Å²) in [6.07, 6.45) is 0. The van der Waals surface area contributed by atoms with Gasteiger partial charge in [0.1, 0.15) is 11.5 Å². The van der Waals surface area contributed by atoms with Crippen molar-refractivity contribution in [1.82, 2.24) is 0 Å². The number of para-hydroxylation sites is 1. The van der Waals surface area contributed by atoms with Crippen molar-refractivity contribution in [3.63, 3.8) is 0 Å². The van der Waals surface area contributed by atoms with Gasteiger partial charge >= 0.3 is 5.97 Å². The van der Waals surface area contributed by atoms with Gasteiger partial charge in [0.2, 0.25) is 0 Å². The molecular formula is C20H18O3. The normalized spacial score (nSPS) is 11.9. The largest absolute Gasteiger partial charge is 0.497 e. The van der Waals surface area contributed by atoms with Crippen molar-refractivity contribution in [2.24, 2.45) is 0 Å². The summed E-state index contributed by atoms with van der Waals surface area (Å²) in [5.74, 6) is 0.794. The van der Waals surface area contributed by atoms with Crippen molar-refractivity contribution in [1.29, 1.82) is 0 Å². The summed E-state index contributed by atoms with van der Waals surface area (Å²) < 4.78 is 10.7. The van der Waals surface area contributed by atoms with Gasteiger partial charge in [-0.3, -0.25) is 4.79 Å². The summed E-state index contributed by atoms with van der Waals surface area (Å²) >= 11 is 0. The smallest absolute Gasteiger partial charge is 0.318 e. The lowest BCUT2D eigenvalue weighted by Gasteiger charge is -2.12. The topological polar surface area (TPSA) is 35.5 Å². The number of methoxy groups -OCH3 is 1. The van der Waals surface area contributed by atoms with E-state index in [1.165, 1.54) is 0 Å². The van der Waals surface area contributed by atoms with Crippen LogP contribution >= 0.6 is 0 Å². The number of hydrogen-bond acceptors (Lipinski definition) is 3. The lowest BCUT2D eigenvalue weighted by atomic mass is 9.98. The van der Waals surface area contributed by atoms with Crippen molar-refractivity contribution in [2.45, 2.75) is 12.8 Å². The molecule has 0 unspecified atom stereocenters. The molecule has 0 amide bonds. The second-order valence-corrected chi connectivity index (χ2v) is 5.43. The van der Waals surface area contributed by atoms with Gasteiger partial charge in [0, 0.05) is 0 Å². The van der Waals surface area contributed by atoms with Crippen LogP contribution in [-0.2, 0) is 4.79 Å². The standard InChI is InChI=1S/C20H18O3/c1-14(20(21)23-18-6-4-3-5-7-18)15-8-9-17-13-19(22-2)11-10-16(17)12-15/h3-14H,1-2H3/t14-/m0/s1. The molecule has 0 aromatic heterocycles. The maximum atomic E-state index is 12.3. The Balaban J connectivity index is 1.82. The van der Waals surface area contributed by atoms with Gasteiger partial charge in [-0.15, -0.1) is 0 Å². The Morgan fingerprint density at radius 3 is 2.30 bits per heavy atom. The highest BCUT2D eigenvalue weighted by atomic mass is 16.5. The van der Waals surface area contributed by atoms with E-state index in [2.05, 4.69) is 0 Å². The quantitative estimate of drug-likeness (QED) is 0.523. The number of carbonyl (C=O) groups is 1. The first-order valence-electron chi connectivity index (χ1n) is 7.52. The van der Waals surface area contributed by atoms with Crippen molar-refractivity contribution >= 4 is 16.7 Å². The van der Waals surface area contributed by atoms with E-state index < -0.39 is 0 Å². The number of rotatable bonds is 4. The first-order valence-corrected chi connectivity index (χ1v) is 7.52. The van der Waals surface area contributed by atoms with Crippen LogP contribution in [0.25, 0.3) is 10.8 Å². The molecule has 3 heteroatoms. The minimum Gasteiger partial charge on any atom is -0.497 e. The third-order valence-electron chi connectivity index (χ3n) is 3.89. The zero-order chi connectivity index (χ0) is 16.2. The number of hydrogen-bond donors (Lipinski definition) is 0. The molecule has 1 atom stereocenters. The molecule has 0 bridgehead atoms. The molecule has 23 heavy (non-hydrogen) atoms. The van der Waals surface area contributed by atoms with Crippen LogP contribution in [0.15, 0.2) is 66.7 Å². The van der Waals surface area contributed by atoms with Crippen LogP contribution in [0.1, 0.15) is 18.4 Å². The van der Waals surface area contributed by atoms with Gasteiger partial charge < -0.3 is 9.47 Å². The van der Waals surface area contributed by atoms with Crippen molar-refractivity contribution in [3.05, 3.63) is 72.3 Å². The van der Waals surface area contributed by atoms with E-state index in [0.29, 0.717) is 5.75 Å². The van der Waals surface area contributed by atoms with Crippen LogP contribution in [-0.4, -0.2) is 13.1 Å². The Morgan fingerprint density at radius 2 is 1.57 bits per heavy atom. The fraction of sp³-hybridized carbons (Fsp3) is 0.150. The van der Waals surface area contributed by atoms with Crippen LogP contribution < -0.4 is 9.47 Å². The molecule has 3 nitrogen and oxygen atoms in total. The molecule has 0 aliphatic heterocycles. The first-order chi connectivity index (χ1) is 11.2. The lowest BCUT2D eigenvalue weighted by molar-refractivity contribution is -0.135. The van der Waals surface area contributed by atoms with Gasteiger partial charge in [-0.25, -0.2) is 0 Å². The molecule has 116 valence electrons. The third kappa shape index (κ3) is 3.34. The third-order valence-corrected chi connectivity index (χ3v) is 3.89. The molecule has 0 fully saturated rings. The van der Waals surface area contributed by atoms with Gasteiger partial charge in [-0.05, 0) is 47.5 Å². The number of carbonyl (C=O) groups excluding carboxylic acids is 1. The lowest BCUT2D eigenvalue weighted by Crippen LogP contribution is -2.16. The highest BCUT2D eigenvalue weighted by Gasteiger charge is 2.18. The summed E-state index contributed by atoms with van der Waals surface area (Å²) in [6.45, 7) is 1.86. The number of esters is 1. The molecule has 3 rings (SSSR count). The minimum absolute atomic E-state index is 0.260. The number of ether oxygens (including phenoxy) is 2. The van der Waals surface area contributed by atoms with E-state index in [4.69, 9.17) is 9.47 Å². The van der Waals surface area contributed by atoms with Gasteiger partial charge in [0.25, 0.3) is 0 Å². The molecule has 0 aliphatic rings. The zero-order valence-electron chi connectivity index (χ0n) is 13.2. The Labute approximate surface area is 135 Å². The van der Waals surface area contributed by atoms with Crippen LogP contribution in [0.5, 0.6) is 11.5 Å². The Kier molecular flexibility index (Phi) is 4.29. The average Bonchev–Trinajstić information content (AvgIpc) is 2.61. The molecule has 3 aromatic rings. The predicted molar refractivity (Wildman–Crippen MR) is 91.0 cm³/mol. The summed E-state index contributed by atoms with van der Waals surface area (Å²) in [5.41, 5.74) is 0.934. The molecule has 0 heterocycles. The van der Waals surface area contributed by atoms with E-state index in [1.807, 2.05) is 61.5 Å². The number of benzene rings is 3. The van der Waals surface area contributed by atoms with Gasteiger partial charge in [0.15, 0.2) is 0 Å². The molecule has 0 radical (unpaired) electrons. The Morgan fingerprint density at radius 1 is 0.870 bits per heavy atom. The van der Waals surface area contributed by atoms with E-state index in [9.17, 15) is 4.79 Å². The van der Waals surface area contributed by atoms with Crippen LogP contribution in [0.2, 0.25) is 0 Å². The van der Waals surface area contributed by atoms with Crippen LogP contribution in [0, 0.1) is 0 Å². The first kappa shape index (κ1) is 15.1. The second kappa shape index (κ2) is 6.53. The molecule has 0 N–H and O–H groups in total.